The van der Waals surface area contributed by atoms with E-state index in [1.54, 1.807) is 0 Å². The van der Waals surface area contributed by atoms with Crippen molar-refractivity contribution in [2.45, 2.75) is 12.8 Å². The molecule has 0 fully saturated rings. The van der Waals surface area contributed by atoms with Gasteiger partial charge in [0.05, 0.1) is 10.6 Å². The van der Waals surface area contributed by atoms with E-state index < -0.39 is 0 Å². The lowest BCUT2D eigenvalue weighted by Crippen LogP contribution is -2.22. The summed E-state index contributed by atoms with van der Waals surface area (Å²) in [6, 6.07) is 2.72. The van der Waals surface area contributed by atoms with Gasteiger partial charge < -0.3 is 21.3 Å². The Morgan fingerprint density at radius 3 is 2.79 bits per heavy atom. The largest absolute Gasteiger partial charge is 0.507 e. The maximum atomic E-state index is 11.5. The second kappa shape index (κ2) is 7.66. The Balaban J connectivity index is 2.61. The number of phenolic OH excluding ortho intramolecular Hbond substituents is 2. The molecule has 0 unspecified atom stereocenters. The molecule has 0 atom stereocenters. The van der Waals surface area contributed by atoms with E-state index in [-0.39, 0.29) is 28.0 Å². The van der Waals surface area contributed by atoms with Crippen LogP contribution in [0.3, 0.4) is 0 Å². The number of unbranched alkanes of at least 4 members (excludes halogenated alkanes) is 1. The van der Waals surface area contributed by atoms with E-state index in [1.807, 2.05) is 0 Å². The summed E-state index contributed by atoms with van der Waals surface area (Å²) >= 11 is 5.71. The molecule has 19 heavy (non-hydrogen) atoms. The van der Waals surface area contributed by atoms with Gasteiger partial charge in [-0.25, -0.2) is 0 Å². The number of carbonyl (C=O) groups excluding carboxylic acids is 1. The summed E-state index contributed by atoms with van der Waals surface area (Å²) in [6.45, 7) is 1.13. The first-order valence-electron chi connectivity index (χ1n) is 5.92. The third-order valence-corrected chi connectivity index (χ3v) is 2.78. The van der Waals surface area contributed by atoms with Crippen LogP contribution in [0.1, 0.15) is 18.4 Å². The monoisotopic (exact) mass is 284 g/mol. The van der Waals surface area contributed by atoms with Crippen LogP contribution >= 0.6 is 11.6 Å². The van der Waals surface area contributed by atoms with Gasteiger partial charge in [-0.15, -0.1) is 0 Å². The Kier molecular flexibility index (Phi) is 6.18. The van der Waals surface area contributed by atoms with Gasteiger partial charge in [-0.2, -0.15) is 0 Å². The fraction of sp³-hybridized carbons (Fsp3) is 0.308. The van der Waals surface area contributed by atoms with Crippen molar-refractivity contribution in [2.24, 2.45) is 5.73 Å². The van der Waals surface area contributed by atoms with Crippen LogP contribution in [0.25, 0.3) is 6.08 Å². The second-order valence-corrected chi connectivity index (χ2v) is 4.36. The molecule has 5 nitrogen and oxygen atoms in total. The number of nitrogens with two attached hydrogens (primary N) is 1. The molecule has 1 aromatic carbocycles. The van der Waals surface area contributed by atoms with Gasteiger partial charge in [0.2, 0.25) is 5.91 Å². The summed E-state index contributed by atoms with van der Waals surface area (Å²) in [5, 5.41) is 22.0. The molecule has 1 rings (SSSR count). The van der Waals surface area contributed by atoms with Crippen molar-refractivity contribution in [3.05, 3.63) is 28.8 Å². The third-order valence-electron chi connectivity index (χ3n) is 2.48. The van der Waals surface area contributed by atoms with Crippen LogP contribution in [-0.2, 0) is 4.79 Å². The van der Waals surface area contributed by atoms with Crippen molar-refractivity contribution in [1.29, 1.82) is 0 Å². The van der Waals surface area contributed by atoms with Crippen molar-refractivity contribution in [3.8, 4) is 11.5 Å². The average Bonchev–Trinajstić information content (AvgIpc) is 2.39. The van der Waals surface area contributed by atoms with Gasteiger partial charge in [0.15, 0.2) is 0 Å². The van der Waals surface area contributed by atoms with Gasteiger partial charge in [-0.05, 0) is 37.6 Å². The molecule has 0 aromatic heterocycles. The number of aromatic hydroxyl groups is 2. The van der Waals surface area contributed by atoms with E-state index in [2.05, 4.69) is 5.32 Å². The molecule has 5 N–H and O–H groups in total. The van der Waals surface area contributed by atoms with Gasteiger partial charge in [0.25, 0.3) is 0 Å². The van der Waals surface area contributed by atoms with E-state index in [1.165, 1.54) is 24.3 Å². The number of hydrogen-bond donors (Lipinski definition) is 4. The fourth-order valence-electron chi connectivity index (χ4n) is 1.43. The number of nitrogens with one attached hydrogen (secondary N) is 1. The van der Waals surface area contributed by atoms with E-state index >= 15 is 0 Å². The number of benzene rings is 1. The van der Waals surface area contributed by atoms with Crippen molar-refractivity contribution < 1.29 is 15.0 Å². The molecule has 0 aliphatic rings. The van der Waals surface area contributed by atoms with E-state index in [9.17, 15) is 15.0 Å². The van der Waals surface area contributed by atoms with Crippen LogP contribution < -0.4 is 11.1 Å². The highest BCUT2D eigenvalue weighted by Crippen LogP contribution is 2.34. The molecule has 0 spiro atoms. The van der Waals surface area contributed by atoms with Crippen LogP contribution in [0.4, 0.5) is 0 Å². The minimum Gasteiger partial charge on any atom is -0.507 e. The zero-order valence-electron chi connectivity index (χ0n) is 10.4. The molecule has 0 saturated carbocycles. The molecule has 0 bridgehead atoms. The lowest BCUT2D eigenvalue weighted by molar-refractivity contribution is -0.116. The highest BCUT2D eigenvalue weighted by Gasteiger charge is 2.08. The number of rotatable bonds is 6. The van der Waals surface area contributed by atoms with E-state index in [0.29, 0.717) is 13.1 Å². The molecular weight excluding hydrogens is 268 g/mol. The number of phenols is 2. The summed E-state index contributed by atoms with van der Waals surface area (Å²) in [4.78, 5) is 11.5. The summed E-state index contributed by atoms with van der Waals surface area (Å²) in [6.07, 6.45) is 4.20. The highest BCUT2D eigenvalue weighted by atomic mass is 35.5. The summed E-state index contributed by atoms with van der Waals surface area (Å²) in [7, 11) is 0. The zero-order valence-corrected chi connectivity index (χ0v) is 11.2. The van der Waals surface area contributed by atoms with E-state index in [0.717, 1.165) is 12.8 Å². The van der Waals surface area contributed by atoms with E-state index in [4.69, 9.17) is 17.3 Å². The number of hydrogen-bond acceptors (Lipinski definition) is 4. The molecule has 0 saturated heterocycles. The predicted molar refractivity (Wildman–Crippen MR) is 75.1 cm³/mol. The minimum atomic E-state index is -0.309. The van der Waals surface area contributed by atoms with Gasteiger partial charge >= 0.3 is 0 Å². The molecule has 0 radical (unpaired) electrons. The lowest BCUT2D eigenvalue weighted by atomic mass is 10.1. The number of carbonyl (C=O) groups is 1. The first-order chi connectivity index (χ1) is 9.06. The third kappa shape index (κ3) is 4.81. The zero-order chi connectivity index (χ0) is 14.3. The quantitative estimate of drug-likeness (QED) is 0.471. The Morgan fingerprint density at radius 2 is 2.11 bits per heavy atom. The summed E-state index contributed by atoms with van der Waals surface area (Å²) in [5.41, 5.74) is 5.45. The molecule has 1 amide bonds. The lowest BCUT2D eigenvalue weighted by Gasteiger charge is -2.04. The van der Waals surface area contributed by atoms with Gasteiger partial charge in [-0.1, -0.05) is 11.6 Å². The molecular formula is C13H17ClN2O3. The highest BCUT2D eigenvalue weighted by molar-refractivity contribution is 6.32. The topological polar surface area (TPSA) is 95.6 Å². The molecule has 1 aromatic rings. The number of halogens is 1. The Morgan fingerprint density at radius 1 is 1.37 bits per heavy atom. The van der Waals surface area contributed by atoms with Crippen molar-refractivity contribution in [2.75, 3.05) is 13.1 Å². The smallest absolute Gasteiger partial charge is 0.244 e. The van der Waals surface area contributed by atoms with Gasteiger partial charge in [0, 0.05) is 12.6 Å². The average molecular weight is 285 g/mol. The molecule has 0 aliphatic heterocycles. The molecule has 0 heterocycles. The normalized spacial score (nSPS) is 10.8. The van der Waals surface area contributed by atoms with Crippen LogP contribution in [0, 0.1) is 0 Å². The van der Waals surface area contributed by atoms with Crippen molar-refractivity contribution in [3.63, 3.8) is 0 Å². The molecule has 0 aliphatic carbocycles. The number of amides is 1. The summed E-state index contributed by atoms with van der Waals surface area (Å²) in [5.74, 6) is -0.710. The van der Waals surface area contributed by atoms with Crippen LogP contribution in [0.2, 0.25) is 5.02 Å². The van der Waals surface area contributed by atoms with Crippen LogP contribution in [-0.4, -0.2) is 29.2 Å². The van der Waals surface area contributed by atoms with Crippen molar-refractivity contribution in [1.82, 2.24) is 5.32 Å². The first-order valence-corrected chi connectivity index (χ1v) is 6.30. The SMILES string of the molecule is NCCCCNC(=O)/C=C\c1c(O)ccc(Cl)c1O. The maximum absolute atomic E-state index is 11.5. The second-order valence-electron chi connectivity index (χ2n) is 3.95. The summed E-state index contributed by atoms with van der Waals surface area (Å²) < 4.78 is 0. The standard InChI is InChI=1S/C13H17ClN2O3/c14-10-4-5-11(17)9(13(10)19)3-6-12(18)16-8-2-1-7-15/h3-6,17,19H,1-2,7-8,15H2,(H,16,18)/b6-3-. The minimum absolute atomic E-state index is 0.112. The first kappa shape index (κ1) is 15.3. The van der Waals surface area contributed by atoms with Crippen molar-refractivity contribution >= 4 is 23.6 Å². The Hall–Kier alpha value is -1.72. The van der Waals surface area contributed by atoms with Gasteiger partial charge in [-0.3, -0.25) is 4.79 Å². The predicted octanol–water partition coefficient (Wildman–Crippen LogP) is 1.62. The maximum Gasteiger partial charge on any atom is 0.244 e. The van der Waals surface area contributed by atoms with Crippen LogP contribution in [0.5, 0.6) is 11.5 Å². The fourth-order valence-corrected chi connectivity index (χ4v) is 1.60. The Bertz CT molecular complexity index is 475. The molecule has 104 valence electrons. The van der Waals surface area contributed by atoms with Gasteiger partial charge in [0.1, 0.15) is 11.5 Å². The van der Waals surface area contributed by atoms with Crippen LogP contribution in [0.15, 0.2) is 18.2 Å². The molecule has 6 heteroatoms. The Labute approximate surface area is 116 Å².